The summed E-state index contributed by atoms with van der Waals surface area (Å²) in [5, 5.41) is 27.5. The Bertz CT molecular complexity index is 1210. The highest BCUT2D eigenvalue weighted by Gasteiger charge is 2.54. The van der Waals surface area contributed by atoms with Crippen LogP contribution in [0, 0.1) is 0 Å². The highest BCUT2D eigenvalue weighted by molar-refractivity contribution is 8.01. The van der Waals surface area contributed by atoms with Crippen LogP contribution in [0.15, 0.2) is 45.2 Å². The zero-order chi connectivity index (χ0) is 24.4. The summed E-state index contributed by atoms with van der Waals surface area (Å²) in [7, 11) is 1.27. The maximum atomic E-state index is 12.9. The number of pyridine rings is 1. The number of rotatable bonds is 8. The maximum Gasteiger partial charge on any atom is 0.352 e. The summed E-state index contributed by atoms with van der Waals surface area (Å²) >= 11 is 3.62. The van der Waals surface area contributed by atoms with Crippen LogP contribution in [-0.2, 0) is 19.2 Å². The van der Waals surface area contributed by atoms with Gasteiger partial charge < -0.3 is 26.1 Å². The molecule has 4 heterocycles. The van der Waals surface area contributed by atoms with Crippen LogP contribution >= 0.6 is 34.9 Å². The third kappa shape index (κ3) is 4.53. The van der Waals surface area contributed by atoms with Gasteiger partial charge in [0.2, 0.25) is 0 Å². The quantitative estimate of drug-likeness (QED) is 0.166. The molecule has 2 amide bonds. The lowest BCUT2D eigenvalue weighted by Gasteiger charge is -2.49. The number of hydrogen-bond donors (Lipinski definition) is 4. The number of β-lactam (4-membered cyclic amide) rings is 1. The number of amides is 2. The van der Waals surface area contributed by atoms with Crippen LogP contribution in [0.25, 0.3) is 0 Å². The number of aromatic nitrogens is 2. The smallest absolute Gasteiger partial charge is 0.352 e. The largest absolute Gasteiger partial charge is 0.505 e. The zero-order valence-corrected chi connectivity index (χ0v) is 19.9. The first-order valence-electron chi connectivity index (χ1n) is 9.62. The van der Waals surface area contributed by atoms with E-state index in [9.17, 15) is 24.6 Å². The Hall–Kier alpha value is -3.30. The van der Waals surface area contributed by atoms with Gasteiger partial charge in [-0.2, -0.15) is 0 Å². The van der Waals surface area contributed by atoms with E-state index in [0.29, 0.717) is 16.4 Å². The predicted molar refractivity (Wildman–Crippen MR) is 126 cm³/mol. The minimum absolute atomic E-state index is 0.00971. The van der Waals surface area contributed by atoms with Crippen LogP contribution in [-0.4, -0.2) is 78.6 Å². The topological polar surface area (TPSA) is 180 Å². The van der Waals surface area contributed by atoms with E-state index in [1.54, 1.807) is 6.07 Å². The van der Waals surface area contributed by atoms with Crippen molar-refractivity contribution in [3.63, 3.8) is 0 Å². The van der Waals surface area contributed by atoms with E-state index in [-0.39, 0.29) is 33.7 Å². The van der Waals surface area contributed by atoms with Crippen molar-refractivity contribution >= 4 is 63.5 Å². The summed E-state index contributed by atoms with van der Waals surface area (Å²) in [6.45, 7) is 0. The molecule has 1 fully saturated rings. The number of oxime groups is 1. The van der Waals surface area contributed by atoms with E-state index >= 15 is 0 Å². The van der Waals surface area contributed by atoms with Crippen molar-refractivity contribution in [2.75, 3.05) is 24.3 Å². The molecule has 2 aromatic heterocycles. The number of aliphatic carboxylic acids is 1. The van der Waals surface area contributed by atoms with Crippen LogP contribution < -0.4 is 11.1 Å². The fraction of sp³-hybridized carbons (Fsp3) is 0.263. The van der Waals surface area contributed by atoms with Crippen molar-refractivity contribution < 1.29 is 29.4 Å². The molecule has 0 spiro atoms. The second kappa shape index (κ2) is 9.90. The average Bonchev–Trinajstić information content (AvgIpc) is 3.25. The Morgan fingerprint density at radius 3 is 2.91 bits per heavy atom. The number of fused-ring (bicyclic) bond motifs is 1. The number of thioether (sulfide) groups is 2. The number of carbonyl (C=O) groups is 3. The van der Waals surface area contributed by atoms with Gasteiger partial charge >= 0.3 is 5.97 Å². The standard InChI is InChI=1S/C19H18N6O6S3/c1-31-24-11(9-7-34-19(20)22-9)14(27)23-12-16(28)25-13(18(29)30)8(6-33-17(12)25)5-32-15-10(26)3-2-4-21-15/h2-4,7,12,17,26H,5-6H2,1H3,(H2,20,22)(H,23,27)(H,29,30)/t12-,17+/m1/s1. The first-order chi connectivity index (χ1) is 16.3. The summed E-state index contributed by atoms with van der Waals surface area (Å²) in [5.41, 5.74) is 6.06. The Kier molecular flexibility index (Phi) is 6.95. The van der Waals surface area contributed by atoms with E-state index in [1.807, 2.05) is 0 Å². The fourth-order valence-corrected chi connectivity index (χ4v) is 6.27. The van der Waals surface area contributed by atoms with Crippen LogP contribution in [0.3, 0.4) is 0 Å². The third-order valence-electron chi connectivity index (χ3n) is 4.83. The molecule has 0 saturated carbocycles. The van der Waals surface area contributed by atoms with Crippen LogP contribution in [0.1, 0.15) is 5.69 Å². The van der Waals surface area contributed by atoms with Crippen molar-refractivity contribution in [1.82, 2.24) is 20.2 Å². The van der Waals surface area contributed by atoms with Crippen LogP contribution in [0.2, 0.25) is 0 Å². The van der Waals surface area contributed by atoms with E-state index in [0.717, 1.165) is 11.3 Å². The molecule has 2 aliphatic heterocycles. The summed E-state index contributed by atoms with van der Waals surface area (Å²) in [4.78, 5) is 51.7. The normalized spacial score (nSPS) is 20.0. The van der Waals surface area contributed by atoms with Gasteiger partial charge in [0.1, 0.15) is 40.7 Å². The van der Waals surface area contributed by atoms with Gasteiger partial charge in [-0.1, -0.05) is 16.9 Å². The van der Waals surface area contributed by atoms with Gasteiger partial charge in [0.15, 0.2) is 10.8 Å². The van der Waals surface area contributed by atoms with Crippen molar-refractivity contribution in [3.8, 4) is 5.75 Å². The number of nitrogens with zero attached hydrogens (tertiary/aromatic N) is 4. The lowest BCUT2D eigenvalue weighted by atomic mass is 10.0. The van der Waals surface area contributed by atoms with Gasteiger partial charge in [-0.25, -0.2) is 14.8 Å². The van der Waals surface area contributed by atoms with Crippen molar-refractivity contribution in [3.05, 3.63) is 40.7 Å². The predicted octanol–water partition coefficient (Wildman–Crippen LogP) is 0.707. The van der Waals surface area contributed by atoms with Gasteiger partial charge in [0, 0.05) is 23.1 Å². The summed E-state index contributed by atoms with van der Waals surface area (Å²) < 4.78 is 0. The lowest BCUT2D eigenvalue weighted by molar-refractivity contribution is -0.150. The first-order valence-corrected chi connectivity index (χ1v) is 12.5. The molecule has 1 saturated heterocycles. The van der Waals surface area contributed by atoms with Gasteiger partial charge in [-0.3, -0.25) is 14.5 Å². The molecule has 12 nitrogen and oxygen atoms in total. The zero-order valence-electron chi connectivity index (χ0n) is 17.5. The molecule has 0 aliphatic carbocycles. The number of carboxylic acids is 1. The molecule has 0 unspecified atom stereocenters. The van der Waals surface area contributed by atoms with Crippen molar-refractivity contribution in [2.45, 2.75) is 16.4 Å². The van der Waals surface area contributed by atoms with Crippen LogP contribution in [0.5, 0.6) is 5.75 Å². The molecule has 0 bridgehead atoms. The lowest BCUT2D eigenvalue weighted by Crippen LogP contribution is -2.71. The number of nitrogens with one attached hydrogen (secondary N) is 1. The molecule has 0 radical (unpaired) electrons. The summed E-state index contributed by atoms with van der Waals surface area (Å²) in [5.74, 6) is -1.96. The van der Waals surface area contributed by atoms with Crippen LogP contribution in [0.4, 0.5) is 5.13 Å². The number of thiazole rings is 1. The second-order valence-electron chi connectivity index (χ2n) is 6.93. The molecule has 2 atom stereocenters. The number of nitrogens with two attached hydrogens (primary N) is 1. The van der Waals surface area contributed by atoms with Gasteiger partial charge in [0.05, 0.1) is 0 Å². The Morgan fingerprint density at radius 1 is 1.47 bits per heavy atom. The molecule has 4 rings (SSSR count). The van der Waals surface area contributed by atoms with E-state index < -0.39 is 29.2 Å². The number of carbonyl (C=O) groups excluding carboxylic acids is 2. The Labute approximate surface area is 205 Å². The maximum absolute atomic E-state index is 12.9. The van der Waals surface area contributed by atoms with Crippen molar-refractivity contribution in [2.24, 2.45) is 5.16 Å². The van der Waals surface area contributed by atoms with Gasteiger partial charge in [-0.15, -0.1) is 23.1 Å². The van der Waals surface area contributed by atoms with Crippen molar-refractivity contribution in [1.29, 1.82) is 0 Å². The van der Waals surface area contributed by atoms with Gasteiger partial charge in [0.25, 0.3) is 11.8 Å². The van der Waals surface area contributed by atoms with E-state index in [4.69, 9.17) is 10.6 Å². The van der Waals surface area contributed by atoms with Gasteiger partial charge in [-0.05, 0) is 17.7 Å². The minimum atomic E-state index is -1.25. The molecule has 15 heteroatoms. The number of carboxylic acid groups (broad SMARTS) is 1. The highest BCUT2D eigenvalue weighted by atomic mass is 32.2. The second-order valence-corrected chi connectivity index (χ2v) is 9.89. The number of nitrogen functional groups attached to an aromatic ring is 1. The highest BCUT2D eigenvalue weighted by Crippen LogP contribution is 2.42. The Morgan fingerprint density at radius 2 is 2.26 bits per heavy atom. The molecule has 0 aromatic carbocycles. The fourth-order valence-electron chi connectivity index (χ4n) is 3.35. The molecule has 2 aliphatic rings. The summed E-state index contributed by atoms with van der Waals surface area (Å²) in [6, 6.07) is 2.13. The third-order valence-corrected chi connectivity index (χ3v) is 7.93. The number of aromatic hydroxyl groups is 1. The van der Waals surface area contributed by atoms with E-state index in [1.165, 1.54) is 53.2 Å². The number of anilines is 1. The summed E-state index contributed by atoms with van der Waals surface area (Å²) in [6.07, 6.45) is 1.52. The molecule has 5 N–H and O–H groups in total. The molecule has 2 aromatic rings. The molecule has 178 valence electrons. The minimum Gasteiger partial charge on any atom is -0.505 e. The molecule has 34 heavy (non-hydrogen) atoms. The first kappa shape index (κ1) is 23.8. The van der Waals surface area contributed by atoms with E-state index in [2.05, 4.69) is 20.4 Å². The SMILES string of the molecule is CON=C(C(=O)N[C@@H]1C(=O)N2C(C(=O)O)=C(CSc3ncccc3O)CS[C@@H]12)c1csc(N)n1. The monoisotopic (exact) mass is 522 g/mol. The number of hydrogen-bond acceptors (Lipinski definition) is 12. The molecular weight excluding hydrogens is 504 g/mol. The average molecular weight is 523 g/mol. The molecular formula is C19H18N6O6S3. The Balaban J connectivity index is 1.50.